The van der Waals surface area contributed by atoms with Gasteiger partial charge in [-0.15, -0.1) is 0 Å². The van der Waals surface area contributed by atoms with Gasteiger partial charge in [-0.1, -0.05) is 11.6 Å². The number of halogens is 2. The minimum atomic E-state index is -3.61. The van der Waals surface area contributed by atoms with Crippen molar-refractivity contribution in [2.45, 2.75) is 11.3 Å². The Morgan fingerprint density at radius 2 is 2.00 bits per heavy atom. The molecule has 7 heteroatoms. The molecular weight excluding hydrogens is 376 g/mol. The number of nitrogens with one attached hydrogen (secondary N) is 2. The smallest absolute Gasteiger partial charge is 0.261 e. The average molecular weight is 388 g/mol. The molecule has 21 heavy (non-hydrogen) atoms. The fraction of sp³-hybridized carbons (Fsp3) is 0.143. The van der Waals surface area contributed by atoms with Gasteiger partial charge in [0.15, 0.2) is 0 Å². The third-order valence-electron chi connectivity index (χ3n) is 3.27. The third-order valence-corrected chi connectivity index (χ3v) is 5.86. The second-order valence-corrected chi connectivity index (χ2v) is 7.67. The molecule has 0 fully saturated rings. The monoisotopic (exact) mass is 386 g/mol. The molecular formula is C14H12BrClN2O2S. The van der Waals surface area contributed by atoms with Crippen molar-refractivity contribution in [3.05, 3.63) is 51.5 Å². The maximum absolute atomic E-state index is 12.4. The normalized spacial score (nSPS) is 13.6. The van der Waals surface area contributed by atoms with Crippen LogP contribution in [0.4, 0.5) is 11.4 Å². The van der Waals surface area contributed by atoms with Crippen molar-refractivity contribution in [3.63, 3.8) is 0 Å². The van der Waals surface area contributed by atoms with Gasteiger partial charge < -0.3 is 5.32 Å². The highest BCUT2D eigenvalue weighted by Crippen LogP contribution is 2.29. The summed E-state index contributed by atoms with van der Waals surface area (Å²) in [5.74, 6) is 0. The summed E-state index contributed by atoms with van der Waals surface area (Å²) in [6.45, 7) is 0.844. The second-order valence-electron chi connectivity index (χ2n) is 4.73. The molecule has 2 aromatic carbocycles. The van der Waals surface area contributed by atoms with E-state index in [2.05, 4.69) is 26.0 Å². The zero-order valence-electron chi connectivity index (χ0n) is 10.9. The molecule has 1 heterocycles. The Bertz CT molecular complexity index is 809. The Morgan fingerprint density at radius 1 is 1.19 bits per heavy atom. The Balaban J connectivity index is 1.91. The van der Waals surface area contributed by atoms with Crippen LogP contribution in [0.3, 0.4) is 0 Å². The van der Waals surface area contributed by atoms with Crippen molar-refractivity contribution in [2.75, 3.05) is 16.6 Å². The quantitative estimate of drug-likeness (QED) is 0.840. The Labute approximate surface area is 136 Å². The molecule has 4 nitrogen and oxygen atoms in total. The minimum Gasteiger partial charge on any atom is -0.384 e. The first kappa shape index (κ1) is 14.7. The summed E-state index contributed by atoms with van der Waals surface area (Å²) in [6.07, 6.45) is 0.838. The van der Waals surface area contributed by atoms with Gasteiger partial charge in [0, 0.05) is 16.7 Å². The maximum atomic E-state index is 12.4. The Hall–Kier alpha value is -1.24. The summed E-state index contributed by atoms with van der Waals surface area (Å²) < 4.78 is 28.0. The highest BCUT2D eigenvalue weighted by atomic mass is 79.9. The number of hydrogen-bond donors (Lipinski definition) is 2. The van der Waals surface area contributed by atoms with Crippen LogP contribution in [0.5, 0.6) is 0 Å². The molecule has 0 atom stereocenters. The molecule has 110 valence electrons. The van der Waals surface area contributed by atoms with Gasteiger partial charge in [-0.25, -0.2) is 8.42 Å². The van der Waals surface area contributed by atoms with Gasteiger partial charge in [0.25, 0.3) is 10.0 Å². The van der Waals surface area contributed by atoms with Crippen LogP contribution in [0.25, 0.3) is 0 Å². The SMILES string of the molecule is O=S(=O)(Nc1ccc(Cl)c(Br)c1)c1ccc2c(c1)CCN2. The van der Waals surface area contributed by atoms with E-state index in [1.807, 2.05) is 0 Å². The van der Waals surface area contributed by atoms with E-state index >= 15 is 0 Å². The minimum absolute atomic E-state index is 0.260. The van der Waals surface area contributed by atoms with Crippen LogP contribution >= 0.6 is 27.5 Å². The van der Waals surface area contributed by atoms with Crippen molar-refractivity contribution in [2.24, 2.45) is 0 Å². The number of sulfonamides is 1. The number of hydrogen-bond acceptors (Lipinski definition) is 3. The summed E-state index contributed by atoms with van der Waals surface area (Å²) in [5.41, 5.74) is 2.49. The van der Waals surface area contributed by atoms with Crippen molar-refractivity contribution in [1.82, 2.24) is 0 Å². The topological polar surface area (TPSA) is 58.2 Å². The van der Waals surface area contributed by atoms with E-state index in [9.17, 15) is 8.42 Å². The van der Waals surface area contributed by atoms with Gasteiger partial charge in [-0.2, -0.15) is 0 Å². The fourth-order valence-corrected chi connectivity index (χ4v) is 3.82. The zero-order valence-corrected chi connectivity index (χ0v) is 14.0. The predicted molar refractivity (Wildman–Crippen MR) is 88.6 cm³/mol. The lowest BCUT2D eigenvalue weighted by Gasteiger charge is -2.10. The molecule has 0 spiro atoms. The van der Waals surface area contributed by atoms with E-state index in [0.29, 0.717) is 15.2 Å². The Kier molecular flexibility index (Phi) is 3.86. The van der Waals surface area contributed by atoms with Gasteiger partial charge in [-0.3, -0.25) is 4.72 Å². The standard InChI is InChI=1S/C14H12BrClN2O2S/c15-12-8-10(1-3-13(12)16)18-21(19,20)11-2-4-14-9(7-11)5-6-17-14/h1-4,7-8,17-18H,5-6H2. The summed E-state index contributed by atoms with van der Waals surface area (Å²) in [7, 11) is -3.61. The number of fused-ring (bicyclic) bond motifs is 1. The Morgan fingerprint density at radius 3 is 2.76 bits per heavy atom. The van der Waals surface area contributed by atoms with E-state index in [-0.39, 0.29) is 4.90 Å². The van der Waals surface area contributed by atoms with Crippen LogP contribution in [0.15, 0.2) is 45.8 Å². The van der Waals surface area contributed by atoms with Gasteiger partial charge in [0.05, 0.1) is 15.6 Å². The highest BCUT2D eigenvalue weighted by molar-refractivity contribution is 9.10. The van der Waals surface area contributed by atoms with Crippen molar-refractivity contribution >= 4 is 48.9 Å². The molecule has 0 unspecified atom stereocenters. The van der Waals surface area contributed by atoms with E-state index in [0.717, 1.165) is 24.2 Å². The van der Waals surface area contributed by atoms with Crippen LogP contribution < -0.4 is 10.0 Å². The summed E-state index contributed by atoms with van der Waals surface area (Å²) in [4.78, 5) is 0.260. The molecule has 0 aromatic heterocycles. The van der Waals surface area contributed by atoms with Crippen LogP contribution in [0, 0.1) is 0 Å². The molecule has 0 radical (unpaired) electrons. The number of anilines is 2. The van der Waals surface area contributed by atoms with Crippen LogP contribution in [0.2, 0.25) is 5.02 Å². The van der Waals surface area contributed by atoms with Crippen LogP contribution in [0.1, 0.15) is 5.56 Å². The molecule has 0 bridgehead atoms. The number of benzene rings is 2. The summed E-state index contributed by atoms with van der Waals surface area (Å²) >= 11 is 9.18. The molecule has 0 amide bonds. The molecule has 0 aliphatic carbocycles. The molecule has 0 saturated carbocycles. The zero-order chi connectivity index (χ0) is 15.0. The molecule has 2 aromatic rings. The van der Waals surface area contributed by atoms with Gasteiger partial charge in [0.2, 0.25) is 0 Å². The van der Waals surface area contributed by atoms with E-state index in [4.69, 9.17) is 11.6 Å². The first-order valence-electron chi connectivity index (χ1n) is 6.30. The molecule has 1 aliphatic heterocycles. The lowest BCUT2D eigenvalue weighted by Crippen LogP contribution is -2.13. The van der Waals surface area contributed by atoms with E-state index in [1.165, 1.54) is 0 Å². The average Bonchev–Trinajstić information content (AvgIpc) is 2.90. The highest BCUT2D eigenvalue weighted by Gasteiger charge is 2.18. The first-order chi connectivity index (χ1) is 9.95. The summed E-state index contributed by atoms with van der Waals surface area (Å²) in [6, 6.07) is 10.0. The third kappa shape index (κ3) is 3.02. The van der Waals surface area contributed by atoms with E-state index in [1.54, 1.807) is 36.4 Å². The van der Waals surface area contributed by atoms with Gasteiger partial charge in [0.1, 0.15) is 0 Å². The number of rotatable bonds is 3. The largest absolute Gasteiger partial charge is 0.384 e. The van der Waals surface area contributed by atoms with Crippen LogP contribution in [-0.4, -0.2) is 15.0 Å². The lowest BCUT2D eigenvalue weighted by atomic mass is 10.2. The van der Waals surface area contributed by atoms with Crippen LogP contribution in [-0.2, 0) is 16.4 Å². The maximum Gasteiger partial charge on any atom is 0.261 e. The van der Waals surface area contributed by atoms with Crippen molar-refractivity contribution < 1.29 is 8.42 Å². The molecule has 0 saturated heterocycles. The van der Waals surface area contributed by atoms with Crippen molar-refractivity contribution in [3.8, 4) is 0 Å². The van der Waals surface area contributed by atoms with Gasteiger partial charge in [-0.05, 0) is 64.3 Å². The molecule has 1 aliphatic rings. The predicted octanol–water partition coefficient (Wildman–Crippen LogP) is 3.87. The van der Waals surface area contributed by atoms with Gasteiger partial charge >= 0.3 is 0 Å². The molecule has 3 rings (SSSR count). The van der Waals surface area contributed by atoms with Crippen molar-refractivity contribution in [1.29, 1.82) is 0 Å². The van der Waals surface area contributed by atoms with E-state index < -0.39 is 10.0 Å². The second kappa shape index (κ2) is 5.51. The lowest BCUT2D eigenvalue weighted by molar-refractivity contribution is 0.601. The fourth-order valence-electron chi connectivity index (χ4n) is 2.22. The molecule has 2 N–H and O–H groups in total. The summed E-state index contributed by atoms with van der Waals surface area (Å²) in [5, 5.41) is 3.74. The first-order valence-corrected chi connectivity index (χ1v) is 8.96.